The van der Waals surface area contributed by atoms with Gasteiger partial charge in [0.2, 0.25) is 0 Å². The van der Waals surface area contributed by atoms with E-state index in [-0.39, 0.29) is 19.1 Å². The van der Waals surface area contributed by atoms with Gasteiger partial charge < -0.3 is 9.64 Å². The molecule has 0 aromatic carbocycles. The van der Waals surface area contributed by atoms with Gasteiger partial charge in [0, 0.05) is 16.9 Å². The fourth-order valence-corrected chi connectivity index (χ4v) is 2.83. The number of carbonyl (C=O) groups is 1. The lowest BCUT2D eigenvalue weighted by Gasteiger charge is -2.35. The first-order valence-corrected chi connectivity index (χ1v) is 6.27. The summed E-state index contributed by atoms with van der Waals surface area (Å²) in [5.41, 5.74) is -0.981. The molecule has 16 heavy (non-hydrogen) atoms. The highest BCUT2D eigenvalue weighted by molar-refractivity contribution is 9.10. The van der Waals surface area contributed by atoms with Crippen LogP contribution in [0.5, 0.6) is 0 Å². The molecule has 0 bridgehead atoms. The number of hydrogen-bond donors (Lipinski definition) is 0. The first-order chi connectivity index (χ1) is 7.59. The number of halogens is 1. The zero-order valence-corrected chi connectivity index (χ0v) is 11.0. The molecule has 1 aliphatic rings. The quantitative estimate of drug-likeness (QED) is 0.839. The largest absolute Gasteiger partial charge is 0.377 e. The van der Waals surface area contributed by atoms with Gasteiger partial charge in [-0.3, -0.25) is 4.79 Å². The summed E-state index contributed by atoms with van der Waals surface area (Å²) in [4.78, 5) is 13.6. The standard InChI is InChI=1S/C10H9BrN2O2S/c1-13(8-2-7(11)3-16-8)9(14)10(4-12)5-15-6-10/h2-3H,5-6H2,1H3. The van der Waals surface area contributed by atoms with E-state index in [2.05, 4.69) is 15.9 Å². The Hall–Kier alpha value is -0.900. The number of rotatable bonds is 2. The van der Waals surface area contributed by atoms with Crippen LogP contribution in [0.4, 0.5) is 5.00 Å². The summed E-state index contributed by atoms with van der Waals surface area (Å²) in [5.74, 6) is -0.199. The van der Waals surface area contributed by atoms with Crippen molar-refractivity contribution in [2.75, 3.05) is 25.2 Å². The van der Waals surface area contributed by atoms with E-state index in [0.717, 1.165) is 9.47 Å². The number of thiophene rings is 1. The molecule has 0 spiro atoms. The molecule has 1 fully saturated rings. The summed E-state index contributed by atoms with van der Waals surface area (Å²) in [6.07, 6.45) is 0. The van der Waals surface area contributed by atoms with E-state index in [1.165, 1.54) is 16.2 Å². The molecule has 0 saturated carbocycles. The van der Waals surface area contributed by atoms with Crippen molar-refractivity contribution >= 4 is 38.2 Å². The Morgan fingerprint density at radius 1 is 1.75 bits per heavy atom. The van der Waals surface area contributed by atoms with Crippen LogP contribution in [0.15, 0.2) is 15.9 Å². The second-order valence-electron chi connectivity index (χ2n) is 3.65. The lowest BCUT2D eigenvalue weighted by atomic mass is 9.86. The van der Waals surface area contributed by atoms with Gasteiger partial charge in [0.15, 0.2) is 5.41 Å². The number of amides is 1. The molecule has 2 heterocycles. The molecule has 1 aromatic rings. The van der Waals surface area contributed by atoms with Gasteiger partial charge in [-0.25, -0.2) is 0 Å². The molecular formula is C10H9BrN2O2S. The van der Waals surface area contributed by atoms with Crippen LogP contribution in [0.1, 0.15) is 0 Å². The monoisotopic (exact) mass is 300 g/mol. The van der Waals surface area contributed by atoms with Gasteiger partial charge in [-0.1, -0.05) is 0 Å². The van der Waals surface area contributed by atoms with Crippen LogP contribution < -0.4 is 4.90 Å². The average Bonchev–Trinajstić information content (AvgIpc) is 2.63. The minimum Gasteiger partial charge on any atom is -0.377 e. The number of carbonyl (C=O) groups excluding carboxylic acids is 1. The molecule has 0 atom stereocenters. The fourth-order valence-electron chi connectivity index (χ4n) is 1.44. The number of hydrogen-bond acceptors (Lipinski definition) is 4. The highest BCUT2D eigenvalue weighted by atomic mass is 79.9. The van der Waals surface area contributed by atoms with Crippen LogP contribution in [-0.4, -0.2) is 26.2 Å². The number of nitrogens with zero attached hydrogens (tertiary/aromatic N) is 2. The van der Waals surface area contributed by atoms with E-state index in [0.29, 0.717) is 0 Å². The van der Waals surface area contributed by atoms with Crippen LogP contribution in [0.25, 0.3) is 0 Å². The van der Waals surface area contributed by atoms with Crippen molar-refractivity contribution in [3.63, 3.8) is 0 Å². The maximum atomic E-state index is 12.1. The molecule has 6 heteroatoms. The number of nitriles is 1. The van der Waals surface area contributed by atoms with E-state index in [9.17, 15) is 4.79 Å². The molecule has 1 aliphatic heterocycles. The summed E-state index contributed by atoms with van der Waals surface area (Å²) in [5, 5.41) is 11.7. The third-order valence-electron chi connectivity index (χ3n) is 2.51. The zero-order valence-electron chi connectivity index (χ0n) is 8.57. The first-order valence-electron chi connectivity index (χ1n) is 4.60. The van der Waals surface area contributed by atoms with Crippen molar-refractivity contribution in [1.82, 2.24) is 0 Å². The molecule has 1 aromatic heterocycles. The molecule has 0 aliphatic carbocycles. The van der Waals surface area contributed by atoms with Crippen LogP contribution in [0, 0.1) is 16.7 Å². The average molecular weight is 301 g/mol. The van der Waals surface area contributed by atoms with Crippen molar-refractivity contribution in [2.24, 2.45) is 5.41 Å². The highest BCUT2D eigenvalue weighted by Gasteiger charge is 2.48. The van der Waals surface area contributed by atoms with Crippen molar-refractivity contribution in [2.45, 2.75) is 0 Å². The van der Waals surface area contributed by atoms with E-state index in [1.807, 2.05) is 17.5 Å². The van der Waals surface area contributed by atoms with Crippen molar-refractivity contribution in [3.05, 3.63) is 15.9 Å². The van der Waals surface area contributed by atoms with Crippen molar-refractivity contribution in [3.8, 4) is 6.07 Å². The van der Waals surface area contributed by atoms with Gasteiger partial charge in [-0.15, -0.1) is 11.3 Å². The Kier molecular flexibility index (Phi) is 3.02. The maximum Gasteiger partial charge on any atom is 0.252 e. The Labute approximate surface area is 106 Å². The topological polar surface area (TPSA) is 53.3 Å². The molecule has 4 nitrogen and oxygen atoms in total. The third kappa shape index (κ3) is 1.75. The second kappa shape index (κ2) is 4.17. The molecule has 0 unspecified atom stereocenters. The lowest BCUT2D eigenvalue weighted by molar-refractivity contribution is -0.146. The second-order valence-corrected chi connectivity index (χ2v) is 5.46. The predicted octanol–water partition coefficient (Wildman–Crippen LogP) is 2.01. The number of ether oxygens (including phenoxy) is 1. The third-order valence-corrected chi connectivity index (χ3v) is 4.28. The van der Waals surface area contributed by atoms with E-state index < -0.39 is 5.41 Å². The minimum atomic E-state index is -0.981. The van der Waals surface area contributed by atoms with Gasteiger partial charge in [0.25, 0.3) is 5.91 Å². The summed E-state index contributed by atoms with van der Waals surface area (Å²) < 4.78 is 5.90. The van der Waals surface area contributed by atoms with Gasteiger partial charge in [-0.2, -0.15) is 5.26 Å². The Balaban J connectivity index is 2.20. The summed E-state index contributed by atoms with van der Waals surface area (Å²) in [6.45, 7) is 0.387. The summed E-state index contributed by atoms with van der Waals surface area (Å²) in [7, 11) is 1.68. The summed E-state index contributed by atoms with van der Waals surface area (Å²) in [6, 6.07) is 3.90. The Morgan fingerprint density at radius 3 is 2.81 bits per heavy atom. The van der Waals surface area contributed by atoms with Crippen molar-refractivity contribution < 1.29 is 9.53 Å². The minimum absolute atomic E-state index is 0.194. The molecular weight excluding hydrogens is 292 g/mol. The maximum absolute atomic E-state index is 12.1. The molecule has 0 N–H and O–H groups in total. The van der Waals surface area contributed by atoms with Gasteiger partial charge in [0.1, 0.15) is 0 Å². The van der Waals surface area contributed by atoms with Crippen LogP contribution in [-0.2, 0) is 9.53 Å². The molecule has 1 amide bonds. The van der Waals surface area contributed by atoms with Gasteiger partial charge in [-0.05, 0) is 22.0 Å². The fraction of sp³-hybridized carbons (Fsp3) is 0.400. The highest BCUT2D eigenvalue weighted by Crippen LogP contribution is 2.33. The molecule has 0 radical (unpaired) electrons. The Morgan fingerprint density at radius 2 is 2.44 bits per heavy atom. The molecule has 2 rings (SSSR count). The van der Waals surface area contributed by atoms with Crippen LogP contribution in [0.2, 0.25) is 0 Å². The number of anilines is 1. The van der Waals surface area contributed by atoms with E-state index >= 15 is 0 Å². The van der Waals surface area contributed by atoms with Gasteiger partial charge >= 0.3 is 0 Å². The first kappa shape index (κ1) is 11.6. The predicted molar refractivity (Wildman–Crippen MR) is 64.3 cm³/mol. The molecule has 1 saturated heterocycles. The summed E-state index contributed by atoms with van der Waals surface area (Å²) >= 11 is 4.79. The Bertz CT molecular complexity index is 462. The van der Waals surface area contributed by atoms with Gasteiger partial charge in [0.05, 0.1) is 24.3 Å². The van der Waals surface area contributed by atoms with Crippen LogP contribution >= 0.6 is 27.3 Å². The van der Waals surface area contributed by atoms with E-state index in [1.54, 1.807) is 7.05 Å². The zero-order chi connectivity index (χ0) is 11.8. The van der Waals surface area contributed by atoms with E-state index in [4.69, 9.17) is 10.00 Å². The lowest BCUT2D eigenvalue weighted by Crippen LogP contribution is -2.53. The normalized spacial score (nSPS) is 17.3. The SMILES string of the molecule is CN(C(=O)C1(C#N)COC1)c1cc(Br)cs1. The van der Waals surface area contributed by atoms with Crippen LogP contribution in [0.3, 0.4) is 0 Å². The molecule has 84 valence electrons. The van der Waals surface area contributed by atoms with Crippen molar-refractivity contribution in [1.29, 1.82) is 5.26 Å². The smallest absolute Gasteiger partial charge is 0.252 e.